The number of benzene rings is 1. The highest BCUT2D eigenvalue weighted by atomic mass is 35.5. The van der Waals surface area contributed by atoms with Gasteiger partial charge in [-0.15, -0.1) is 23.1 Å². The third-order valence-corrected chi connectivity index (χ3v) is 6.21. The summed E-state index contributed by atoms with van der Waals surface area (Å²) in [6.07, 6.45) is 1.15. The highest BCUT2D eigenvalue weighted by Gasteiger charge is 2.14. The number of thiophene rings is 1. The van der Waals surface area contributed by atoms with Crippen LogP contribution in [0.5, 0.6) is 0 Å². The van der Waals surface area contributed by atoms with E-state index in [0.717, 1.165) is 22.5 Å². The Morgan fingerprint density at radius 1 is 1.24 bits per heavy atom. The summed E-state index contributed by atoms with van der Waals surface area (Å²) < 4.78 is 23.6. The third kappa shape index (κ3) is 4.47. The highest BCUT2D eigenvalue weighted by molar-refractivity contribution is 8.00. The Kier molecular flexibility index (Phi) is 5.38. The maximum Gasteiger partial charge on any atom is 0.175 e. The van der Waals surface area contributed by atoms with Gasteiger partial charge >= 0.3 is 0 Å². The largest absolute Gasteiger partial charge is 0.293 e. The van der Waals surface area contributed by atoms with Crippen LogP contribution in [-0.4, -0.2) is 26.2 Å². The van der Waals surface area contributed by atoms with Gasteiger partial charge in [0, 0.05) is 16.7 Å². The van der Waals surface area contributed by atoms with Gasteiger partial charge in [0.15, 0.2) is 15.6 Å². The summed E-state index contributed by atoms with van der Waals surface area (Å²) >= 11 is 14.2. The van der Waals surface area contributed by atoms with Crippen molar-refractivity contribution < 1.29 is 13.2 Å². The number of halogens is 2. The molecule has 0 saturated heterocycles. The van der Waals surface area contributed by atoms with E-state index in [1.807, 2.05) is 0 Å². The van der Waals surface area contributed by atoms with E-state index < -0.39 is 9.84 Å². The minimum Gasteiger partial charge on any atom is -0.293 e. The lowest BCUT2D eigenvalue weighted by Gasteiger charge is -2.02. The Hall–Kier alpha value is -0.530. The minimum atomic E-state index is -3.20. The molecule has 21 heavy (non-hydrogen) atoms. The molecular weight excluding hydrogens is 371 g/mol. The number of sulfone groups is 1. The standard InChI is InChI=1S/C13H10Cl2O3S3/c1-21(17,18)9-4-2-8(3-5-9)19-7-11(16)10-6-12(14)20-13(10)15/h2-6H,7H2,1H3. The first-order valence-electron chi connectivity index (χ1n) is 5.68. The van der Waals surface area contributed by atoms with Gasteiger partial charge in [-0.05, 0) is 30.3 Å². The van der Waals surface area contributed by atoms with Gasteiger partial charge in [0.2, 0.25) is 0 Å². The lowest BCUT2D eigenvalue weighted by Crippen LogP contribution is -2.01. The summed E-state index contributed by atoms with van der Waals surface area (Å²) in [6, 6.07) is 7.96. The number of carbonyl (C=O) groups is 1. The Morgan fingerprint density at radius 3 is 2.33 bits per heavy atom. The monoisotopic (exact) mass is 380 g/mol. The van der Waals surface area contributed by atoms with Crippen LogP contribution in [0.15, 0.2) is 40.1 Å². The van der Waals surface area contributed by atoms with E-state index in [9.17, 15) is 13.2 Å². The summed E-state index contributed by atoms with van der Waals surface area (Å²) in [5, 5.41) is 0. The van der Waals surface area contributed by atoms with Crippen LogP contribution >= 0.6 is 46.3 Å². The molecule has 0 fully saturated rings. The molecule has 0 spiro atoms. The second-order valence-corrected chi connectivity index (χ2v) is 9.54. The van der Waals surface area contributed by atoms with Crippen molar-refractivity contribution in [2.45, 2.75) is 9.79 Å². The first-order chi connectivity index (χ1) is 9.77. The van der Waals surface area contributed by atoms with E-state index in [-0.39, 0.29) is 16.4 Å². The molecule has 2 aromatic rings. The molecule has 0 aliphatic rings. The van der Waals surface area contributed by atoms with Crippen molar-refractivity contribution in [3.8, 4) is 0 Å². The average molecular weight is 381 g/mol. The number of thioether (sulfide) groups is 1. The van der Waals surface area contributed by atoms with Crippen LogP contribution in [0.1, 0.15) is 10.4 Å². The number of ketones is 1. The zero-order valence-electron chi connectivity index (χ0n) is 10.8. The topological polar surface area (TPSA) is 51.2 Å². The molecule has 0 N–H and O–H groups in total. The lowest BCUT2D eigenvalue weighted by atomic mass is 10.2. The summed E-state index contributed by atoms with van der Waals surface area (Å²) in [6.45, 7) is 0. The Morgan fingerprint density at radius 2 is 1.86 bits per heavy atom. The number of hydrogen-bond acceptors (Lipinski definition) is 5. The van der Waals surface area contributed by atoms with E-state index in [4.69, 9.17) is 23.2 Å². The first-order valence-corrected chi connectivity index (χ1v) is 10.1. The molecule has 0 atom stereocenters. The summed E-state index contributed by atoms with van der Waals surface area (Å²) in [4.78, 5) is 13.1. The van der Waals surface area contributed by atoms with Crippen LogP contribution in [0.3, 0.4) is 0 Å². The molecule has 1 aromatic heterocycles. The van der Waals surface area contributed by atoms with Crippen molar-refractivity contribution >= 4 is 61.9 Å². The molecule has 0 aliphatic heterocycles. The smallest absolute Gasteiger partial charge is 0.175 e. The predicted octanol–water partition coefficient (Wildman–Crippen LogP) is 4.43. The molecule has 1 aromatic carbocycles. The van der Waals surface area contributed by atoms with Crippen LogP contribution in [-0.2, 0) is 9.84 Å². The number of Topliss-reactive ketones (excluding diaryl/α,β-unsaturated/α-hetero) is 1. The molecule has 1 heterocycles. The zero-order valence-corrected chi connectivity index (χ0v) is 14.8. The van der Waals surface area contributed by atoms with Gasteiger partial charge in [0.1, 0.15) is 4.34 Å². The normalized spacial score (nSPS) is 11.6. The lowest BCUT2D eigenvalue weighted by molar-refractivity contribution is 0.102. The van der Waals surface area contributed by atoms with Gasteiger partial charge in [-0.3, -0.25) is 4.79 Å². The van der Waals surface area contributed by atoms with E-state index in [2.05, 4.69) is 0 Å². The van der Waals surface area contributed by atoms with Gasteiger partial charge in [0.05, 0.1) is 15.0 Å². The van der Waals surface area contributed by atoms with Gasteiger partial charge < -0.3 is 0 Å². The van der Waals surface area contributed by atoms with E-state index in [0.29, 0.717) is 14.2 Å². The molecule has 2 rings (SSSR count). The van der Waals surface area contributed by atoms with Crippen LogP contribution < -0.4 is 0 Å². The summed E-state index contributed by atoms with van der Waals surface area (Å²) in [7, 11) is -3.20. The number of carbonyl (C=O) groups excluding carboxylic acids is 1. The minimum absolute atomic E-state index is 0.111. The van der Waals surface area contributed by atoms with Gasteiger partial charge in [0.25, 0.3) is 0 Å². The third-order valence-electron chi connectivity index (χ3n) is 2.58. The molecule has 8 heteroatoms. The average Bonchev–Trinajstić information content (AvgIpc) is 2.74. The van der Waals surface area contributed by atoms with E-state index in [1.165, 1.54) is 23.9 Å². The maximum absolute atomic E-state index is 12.0. The molecular formula is C13H10Cl2O3S3. The van der Waals surface area contributed by atoms with Crippen LogP contribution in [0, 0.1) is 0 Å². The Balaban J connectivity index is 2.03. The van der Waals surface area contributed by atoms with Crippen LogP contribution in [0.2, 0.25) is 8.67 Å². The second kappa shape index (κ2) is 6.71. The molecule has 0 amide bonds. The molecule has 0 unspecified atom stereocenters. The fourth-order valence-corrected chi connectivity index (χ4v) is 4.45. The van der Waals surface area contributed by atoms with Crippen LogP contribution in [0.4, 0.5) is 0 Å². The summed E-state index contributed by atoms with van der Waals surface area (Å²) in [5.41, 5.74) is 0.423. The van der Waals surface area contributed by atoms with Gasteiger partial charge in [-0.1, -0.05) is 23.2 Å². The maximum atomic E-state index is 12.0. The van der Waals surface area contributed by atoms with Crippen molar-refractivity contribution in [3.05, 3.63) is 44.6 Å². The fourth-order valence-electron chi connectivity index (χ4n) is 1.54. The Labute approximate surface area is 141 Å². The van der Waals surface area contributed by atoms with Crippen molar-refractivity contribution in [2.75, 3.05) is 12.0 Å². The first kappa shape index (κ1) is 16.8. The fraction of sp³-hybridized carbons (Fsp3) is 0.154. The number of rotatable bonds is 5. The Bertz CT molecular complexity index is 764. The molecule has 0 aliphatic carbocycles. The summed E-state index contributed by atoms with van der Waals surface area (Å²) in [5.74, 6) is 0.103. The molecule has 3 nitrogen and oxygen atoms in total. The highest BCUT2D eigenvalue weighted by Crippen LogP contribution is 2.32. The quantitative estimate of drug-likeness (QED) is 0.568. The molecule has 112 valence electrons. The van der Waals surface area contributed by atoms with Gasteiger partial charge in [-0.2, -0.15) is 0 Å². The van der Waals surface area contributed by atoms with Crippen LogP contribution in [0.25, 0.3) is 0 Å². The zero-order chi connectivity index (χ0) is 15.6. The van der Waals surface area contributed by atoms with E-state index in [1.54, 1.807) is 18.2 Å². The van der Waals surface area contributed by atoms with Crippen molar-refractivity contribution in [1.29, 1.82) is 0 Å². The molecule has 0 radical (unpaired) electrons. The number of hydrogen-bond donors (Lipinski definition) is 0. The predicted molar refractivity (Wildman–Crippen MR) is 88.9 cm³/mol. The van der Waals surface area contributed by atoms with E-state index >= 15 is 0 Å². The SMILES string of the molecule is CS(=O)(=O)c1ccc(SCC(=O)c2cc(Cl)sc2Cl)cc1. The second-order valence-electron chi connectivity index (χ2n) is 4.19. The van der Waals surface area contributed by atoms with Crippen molar-refractivity contribution in [2.24, 2.45) is 0 Å². The molecule has 0 saturated carbocycles. The van der Waals surface area contributed by atoms with Crippen molar-refractivity contribution in [3.63, 3.8) is 0 Å². The van der Waals surface area contributed by atoms with Gasteiger partial charge in [-0.25, -0.2) is 8.42 Å². The molecule has 0 bridgehead atoms. The van der Waals surface area contributed by atoms with Crippen molar-refractivity contribution in [1.82, 2.24) is 0 Å².